The standard InChI is InChI=1S/C20H21ClN2O3/c1-14-6-4-5-7-15(14)8-11-20(25)23(2)13-19(24)22-17-12-16(21)9-10-18(17)26-3/h4-12H,13H2,1-3H3,(H,22,24)/b11-8+. The van der Waals surface area contributed by atoms with Crippen LogP contribution in [0.2, 0.25) is 5.02 Å². The molecule has 0 saturated carbocycles. The topological polar surface area (TPSA) is 58.6 Å². The van der Waals surface area contributed by atoms with Crippen molar-refractivity contribution >= 4 is 35.2 Å². The van der Waals surface area contributed by atoms with Crippen molar-refractivity contribution < 1.29 is 14.3 Å². The number of hydrogen-bond donors (Lipinski definition) is 1. The Morgan fingerprint density at radius 2 is 1.96 bits per heavy atom. The van der Waals surface area contributed by atoms with Gasteiger partial charge in [0.1, 0.15) is 5.75 Å². The molecule has 26 heavy (non-hydrogen) atoms. The Morgan fingerprint density at radius 3 is 2.65 bits per heavy atom. The number of carbonyl (C=O) groups excluding carboxylic acids is 2. The molecular formula is C20H21ClN2O3. The van der Waals surface area contributed by atoms with Crippen LogP contribution in [0.5, 0.6) is 5.75 Å². The summed E-state index contributed by atoms with van der Waals surface area (Å²) < 4.78 is 5.19. The lowest BCUT2D eigenvalue weighted by molar-refractivity contribution is -0.129. The van der Waals surface area contributed by atoms with Crippen LogP contribution in [0, 0.1) is 6.92 Å². The summed E-state index contributed by atoms with van der Waals surface area (Å²) in [6.07, 6.45) is 3.20. The van der Waals surface area contributed by atoms with Crippen LogP contribution in [0.1, 0.15) is 11.1 Å². The molecule has 0 bridgehead atoms. The van der Waals surface area contributed by atoms with Gasteiger partial charge in [-0.25, -0.2) is 0 Å². The summed E-state index contributed by atoms with van der Waals surface area (Å²) in [7, 11) is 3.07. The smallest absolute Gasteiger partial charge is 0.246 e. The van der Waals surface area contributed by atoms with Crippen LogP contribution in [-0.2, 0) is 9.59 Å². The van der Waals surface area contributed by atoms with E-state index in [0.717, 1.165) is 11.1 Å². The van der Waals surface area contributed by atoms with Crippen LogP contribution < -0.4 is 10.1 Å². The van der Waals surface area contributed by atoms with Crippen molar-refractivity contribution in [3.8, 4) is 5.75 Å². The fraction of sp³-hybridized carbons (Fsp3) is 0.200. The molecule has 0 aliphatic heterocycles. The van der Waals surface area contributed by atoms with Crippen molar-refractivity contribution in [3.63, 3.8) is 0 Å². The highest BCUT2D eigenvalue weighted by Crippen LogP contribution is 2.27. The number of halogens is 1. The second kappa shape index (κ2) is 9.06. The highest BCUT2D eigenvalue weighted by atomic mass is 35.5. The molecule has 0 fully saturated rings. The van der Waals surface area contributed by atoms with Gasteiger partial charge in [0.25, 0.3) is 0 Å². The average Bonchev–Trinajstić information content (AvgIpc) is 2.60. The van der Waals surface area contributed by atoms with Gasteiger partial charge in [-0.2, -0.15) is 0 Å². The number of aryl methyl sites for hydroxylation is 1. The lowest BCUT2D eigenvalue weighted by Crippen LogP contribution is -2.33. The maximum atomic E-state index is 12.2. The number of likely N-dealkylation sites (N-methyl/N-ethyl adjacent to an activating group) is 1. The molecule has 0 heterocycles. The van der Waals surface area contributed by atoms with Gasteiger partial charge in [-0.1, -0.05) is 35.9 Å². The van der Waals surface area contributed by atoms with Crippen molar-refractivity contribution in [2.45, 2.75) is 6.92 Å². The molecule has 0 atom stereocenters. The van der Waals surface area contributed by atoms with Crippen LogP contribution >= 0.6 is 11.6 Å². The summed E-state index contributed by atoms with van der Waals surface area (Å²) in [5.41, 5.74) is 2.49. The Bertz CT molecular complexity index is 834. The second-order valence-corrected chi connectivity index (χ2v) is 6.21. The summed E-state index contributed by atoms with van der Waals surface area (Å²) in [6.45, 7) is 1.88. The first-order valence-corrected chi connectivity index (χ1v) is 8.40. The minimum Gasteiger partial charge on any atom is -0.495 e. The van der Waals surface area contributed by atoms with E-state index < -0.39 is 0 Å². The predicted octanol–water partition coefficient (Wildman–Crippen LogP) is 3.77. The van der Waals surface area contributed by atoms with E-state index in [-0.39, 0.29) is 18.4 Å². The lowest BCUT2D eigenvalue weighted by atomic mass is 10.1. The first-order valence-electron chi connectivity index (χ1n) is 8.03. The second-order valence-electron chi connectivity index (χ2n) is 5.78. The summed E-state index contributed by atoms with van der Waals surface area (Å²) in [5, 5.41) is 3.18. The van der Waals surface area contributed by atoms with E-state index in [1.54, 1.807) is 31.3 Å². The van der Waals surface area contributed by atoms with Crippen LogP contribution in [0.15, 0.2) is 48.5 Å². The Kier molecular flexibility index (Phi) is 6.81. The highest BCUT2D eigenvalue weighted by molar-refractivity contribution is 6.31. The molecule has 1 N–H and O–H groups in total. The summed E-state index contributed by atoms with van der Waals surface area (Å²) in [6, 6.07) is 12.7. The third-order valence-electron chi connectivity index (χ3n) is 3.79. The van der Waals surface area contributed by atoms with E-state index in [4.69, 9.17) is 16.3 Å². The van der Waals surface area contributed by atoms with E-state index in [9.17, 15) is 9.59 Å². The van der Waals surface area contributed by atoms with Gasteiger partial charge in [-0.15, -0.1) is 0 Å². The molecule has 2 amide bonds. The lowest BCUT2D eigenvalue weighted by Gasteiger charge is -2.16. The van der Waals surface area contributed by atoms with Gasteiger partial charge in [0.05, 0.1) is 19.3 Å². The number of anilines is 1. The van der Waals surface area contributed by atoms with Gasteiger partial charge in [0.2, 0.25) is 11.8 Å². The molecule has 2 rings (SSSR count). The van der Waals surface area contributed by atoms with Crippen molar-refractivity contribution in [1.82, 2.24) is 4.90 Å². The summed E-state index contributed by atoms with van der Waals surface area (Å²) in [5.74, 6) is -0.108. The molecular weight excluding hydrogens is 352 g/mol. The number of rotatable bonds is 6. The maximum absolute atomic E-state index is 12.2. The first-order chi connectivity index (χ1) is 12.4. The average molecular weight is 373 g/mol. The Balaban J connectivity index is 1.97. The molecule has 6 heteroatoms. The fourth-order valence-electron chi connectivity index (χ4n) is 2.32. The van der Waals surface area contributed by atoms with Crippen molar-refractivity contribution in [1.29, 1.82) is 0 Å². The summed E-state index contributed by atoms with van der Waals surface area (Å²) >= 11 is 5.95. The zero-order chi connectivity index (χ0) is 19.1. The quantitative estimate of drug-likeness (QED) is 0.785. The number of carbonyl (C=O) groups is 2. The van der Waals surface area contributed by atoms with Gasteiger partial charge < -0.3 is 15.0 Å². The monoisotopic (exact) mass is 372 g/mol. The van der Waals surface area contributed by atoms with Crippen LogP contribution in [0.3, 0.4) is 0 Å². The molecule has 5 nitrogen and oxygen atoms in total. The molecule has 0 aliphatic rings. The zero-order valence-corrected chi connectivity index (χ0v) is 15.7. The predicted molar refractivity (Wildman–Crippen MR) is 104 cm³/mol. The minimum atomic E-state index is -0.342. The normalized spacial score (nSPS) is 10.6. The van der Waals surface area contributed by atoms with Crippen molar-refractivity contribution in [3.05, 3.63) is 64.7 Å². The molecule has 136 valence electrons. The van der Waals surface area contributed by atoms with Crippen molar-refractivity contribution in [2.75, 3.05) is 26.0 Å². The van der Waals surface area contributed by atoms with Gasteiger partial charge in [-0.05, 0) is 42.3 Å². The zero-order valence-electron chi connectivity index (χ0n) is 15.0. The third kappa shape index (κ3) is 5.36. The molecule has 0 saturated heterocycles. The number of hydrogen-bond acceptors (Lipinski definition) is 3. The Morgan fingerprint density at radius 1 is 1.23 bits per heavy atom. The molecule has 0 unspecified atom stereocenters. The molecule has 2 aromatic rings. The third-order valence-corrected chi connectivity index (χ3v) is 4.02. The van der Waals surface area contributed by atoms with Crippen LogP contribution in [-0.4, -0.2) is 37.4 Å². The summed E-state index contributed by atoms with van der Waals surface area (Å²) in [4.78, 5) is 25.7. The SMILES string of the molecule is COc1ccc(Cl)cc1NC(=O)CN(C)C(=O)/C=C/c1ccccc1C. The number of nitrogens with zero attached hydrogens (tertiary/aromatic N) is 1. The number of nitrogens with one attached hydrogen (secondary N) is 1. The van der Waals surface area contributed by atoms with E-state index in [1.165, 1.54) is 18.1 Å². The van der Waals surface area contributed by atoms with Gasteiger partial charge in [0.15, 0.2) is 0 Å². The molecule has 0 radical (unpaired) electrons. The first kappa shape index (κ1) is 19.5. The Hall–Kier alpha value is -2.79. The number of amides is 2. The number of ether oxygens (including phenoxy) is 1. The largest absolute Gasteiger partial charge is 0.495 e. The van der Waals surface area contributed by atoms with Gasteiger partial charge >= 0.3 is 0 Å². The fourth-order valence-corrected chi connectivity index (χ4v) is 2.50. The maximum Gasteiger partial charge on any atom is 0.246 e. The van der Waals surface area contributed by atoms with E-state index in [1.807, 2.05) is 31.2 Å². The van der Waals surface area contributed by atoms with E-state index in [2.05, 4.69) is 5.32 Å². The van der Waals surface area contributed by atoms with E-state index in [0.29, 0.717) is 16.5 Å². The number of benzene rings is 2. The van der Waals surface area contributed by atoms with Crippen LogP contribution in [0.25, 0.3) is 6.08 Å². The highest BCUT2D eigenvalue weighted by Gasteiger charge is 2.13. The van der Waals surface area contributed by atoms with E-state index >= 15 is 0 Å². The molecule has 0 aromatic heterocycles. The number of methoxy groups -OCH3 is 1. The molecule has 2 aromatic carbocycles. The minimum absolute atomic E-state index is 0.0907. The Labute approximate surface area is 158 Å². The molecule has 0 spiro atoms. The van der Waals surface area contributed by atoms with Gasteiger partial charge in [-0.3, -0.25) is 9.59 Å². The van der Waals surface area contributed by atoms with Crippen LogP contribution in [0.4, 0.5) is 5.69 Å². The molecule has 0 aliphatic carbocycles. The van der Waals surface area contributed by atoms with Crippen molar-refractivity contribution in [2.24, 2.45) is 0 Å². The van der Waals surface area contributed by atoms with Gasteiger partial charge in [0, 0.05) is 18.1 Å².